The second-order valence-electron chi connectivity index (χ2n) is 4.34. The normalized spacial score (nSPS) is 29.6. The van der Waals surface area contributed by atoms with Crippen molar-refractivity contribution in [2.75, 3.05) is 0 Å². The topological polar surface area (TPSA) is 9.23 Å². The van der Waals surface area contributed by atoms with Crippen LogP contribution in [0.1, 0.15) is 39.5 Å². The summed E-state index contributed by atoms with van der Waals surface area (Å²) in [5.41, 5.74) is 0. The van der Waals surface area contributed by atoms with Crippen LogP contribution in [-0.2, 0) is 4.74 Å². The average Bonchev–Trinajstić information content (AvgIpc) is 2.02. The van der Waals surface area contributed by atoms with Crippen LogP contribution in [0.3, 0.4) is 0 Å². The largest absolute Gasteiger partial charge is 0.522 e. The van der Waals surface area contributed by atoms with E-state index in [2.05, 4.69) is 18.6 Å². The summed E-state index contributed by atoms with van der Waals surface area (Å²) >= 11 is 0. The molecule has 1 fully saturated rings. The van der Waals surface area contributed by atoms with E-state index in [4.69, 9.17) is 0 Å². The minimum Gasteiger partial charge on any atom is -0.289 e. The zero-order chi connectivity index (χ0) is 10.8. The molecule has 1 nitrogen and oxygen atoms in total. The Labute approximate surface area is 82.6 Å². The van der Waals surface area contributed by atoms with Crippen molar-refractivity contribution >= 4 is 0 Å². The van der Waals surface area contributed by atoms with Crippen molar-refractivity contribution in [3.05, 3.63) is 0 Å². The molecule has 0 amide bonds. The predicted octanol–water partition coefficient (Wildman–Crippen LogP) is 3.74. The molecule has 1 saturated carbocycles. The Morgan fingerprint density at radius 2 is 1.57 bits per heavy atom. The van der Waals surface area contributed by atoms with Gasteiger partial charge in [0, 0.05) is 0 Å². The van der Waals surface area contributed by atoms with Crippen molar-refractivity contribution in [1.29, 1.82) is 0 Å². The molecule has 84 valence electrons. The van der Waals surface area contributed by atoms with Crippen molar-refractivity contribution in [3.8, 4) is 0 Å². The van der Waals surface area contributed by atoms with Crippen molar-refractivity contribution in [3.63, 3.8) is 0 Å². The van der Waals surface area contributed by atoms with E-state index < -0.39 is 12.5 Å². The number of halogens is 3. The maximum atomic E-state index is 11.9. The molecule has 0 aromatic rings. The lowest BCUT2D eigenvalue weighted by atomic mass is 9.80. The molecular weight excluding hydrogens is 193 g/mol. The quantitative estimate of drug-likeness (QED) is 0.674. The zero-order valence-electron chi connectivity index (χ0n) is 8.60. The average molecular weight is 210 g/mol. The van der Waals surface area contributed by atoms with Crippen molar-refractivity contribution in [2.24, 2.45) is 11.8 Å². The van der Waals surface area contributed by atoms with E-state index in [0.29, 0.717) is 24.7 Å². The van der Waals surface area contributed by atoms with E-state index >= 15 is 0 Å². The first-order valence-electron chi connectivity index (χ1n) is 5.13. The highest BCUT2D eigenvalue weighted by Gasteiger charge is 2.35. The highest BCUT2D eigenvalue weighted by Crippen LogP contribution is 2.33. The van der Waals surface area contributed by atoms with Crippen molar-refractivity contribution in [1.82, 2.24) is 0 Å². The van der Waals surface area contributed by atoms with Crippen LogP contribution in [-0.4, -0.2) is 12.5 Å². The standard InChI is InChI=1S/C10H17F3O/c1-7(2)8-3-5-9(6-4-8)14-10(11,12)13/h7-9H,3-6H2,1-2H3/t8-,9-. The van der Waals surface area contributed by atoms with Gasteiger partial charge in [-0.05, 0) is 37.5 Å². The fourth-order valence-electron chi connectivity index (χ4n) is 2.06. The molecule has 0 N–H and O–H groups in total. The van der Waals surface area contributed by atoms with Crippen LogP contribution in [0.2, 0.25) is 0 Å². The molecule has 1 rings (SSSR count). The fraction of sp³-hybridized carbons (Fsp3) is 1.00. The van der Waals surface area contributed by atoms with Crippen LogP contribution >= 0.6 is 0 Å². The van der Waals surface area contributed by atoms with Gasteiger partial charge in [-0.15, -0.1) is 13.2 Å². The van der Waals surface area contributed by atoms with Crippen LogP contribution < -0.4 is 0 Å². The highest BCUT2D eigenvalue weighted by atomic mass is 19.4. The molecule has 0 spiro atoms. The summed E-state index contributed by atoms with van der Waals surface area (Å²) in [6.45, 7) is 4.24. The van der Waals surface area contributed by atoms with Crippen LogP contribution in [0.4, 0.5) is 13.2 Å². The van der Waals surface area contributed by atoms with E-state index in [1.807, 2.05) is 0 Å². The molecular formula is C10H17F3O. The summed E-state index contributed by atoms with van der Waals surface area (Å²) in [5.74, 6) is 1.14. The molecule has 0 saturated heterocycles. The molecule has 1 aliphatic carbocycles. The third-order valence-corrected chi connectivity index (χ3v) is 2.96. The molecule has 0 aromatic carbocycles. The first-order valence-corrected chi connectivity index (χ1v) is 5.13. The van der Waals surface area contributed by atoms with Crippen LogP contribution in [0.25, 0.3) is 0 Å². The summed E-state index contributed by atoms with van der Waals surface area (Å²) < 4.78 is 39.6. The predicted molar refractivity (Wildman–Crippen MR) is 47.7 cm³/mol. The number of rotatable bonds is 2. The van der Waals surface area contributed by atoms with Crippen LogP contribution in [0, 0.1) is 11.8 Å². The van der Waals surface area contributed by atoms with Gasteiger partial charge in [0.25, 0.3) is 0 Å². The Morgan fingerprint density at radius 1 is 1.07 bits per heavy atom. The molecule has 4 heteroatoms. The van der Waals surface area contributed by atoms with E-state index in [0.717, 1.165) is 12.8 Å². The Kier molecular flexibility index (Phi) is 3.81. The highest BCUT2D eigenvalue weighted by molar-refractivity contribution is 4.74. The van der Waals surface area contributed by atoms with Gasteiger partial charge in [-0.1, -0.05) is 13.8 Å². The van der Waals surface area contributed by atoms with Crippen LogP contribution in [0.15, 0.2) is 0 Å². The van der Waals surface area contributed by atoms with E-state index in [1.54, 1.807) is 0 Å². The second-order valence-corrected chi connectivity index (χ2v) is 4.34. The molecule has 0 heterocycles. The summed E-state index contributed by atoms with van der Waals surface area (Å²) in [7, 11) is 0. The molecule has 0 aliphatic heterocycles. The van der Waals surface area contributed by atoms with Crippen molar-refractivity contribution < 1.29 is 17.9 Å². The van der Waals surface area contributed by atoms with Gasteiger partial charge in [0.15, 0.2) is 0 Å². The van der Waals surface area contributed by atoms with Gasteiger partial charge in [-0.3, -0.25) is 4.74 Å². The van der Waals surface area contributed by atoms with E-state index in [1.165, 1.54) is 0 Å². The summed E-state index contributed by atoms with van der Waals surface area (Å²) in [6, 6.07) is 0. The molecule has 0 bridgehead atoms. The number of hydrogen-bond donors (Lipinski definition) is 0. The lowest BCUT2D eigenvalue weighted by Crippen LogP contribution is -2.29. The Hall–Kier alpha value is -0.250. The third-order valence-electron chi connectivity index (χ3n) is 2.96. The van der Waals surface area contributed by atoms with Gasteiger partial charge in [-0.25, -0.2) is 0 Å². The summed E-state index contributed by atoms with van der Waals surface area (Å²) in [5, 5.41) is 0. The maximum Gasteiger partial charge on any atom is 0.522 e. The van der Waals surface area contributed by atoms with Crippen LogP contribution in [0.5, 0.6) is 0 Å². The Balaban J connectivity index is 2.29. The third kappa shape index (κ3) is 3.86. The van der Waals surface area contributed by atoms with Gasteiger partial charge in [0.05, 0.1) is 6.10 Å². The lowest BCUT2D eigenvalue weighted by molar-refractivity contribution is -0.345. The monoisotopic (exact) mass is 210 g/mol. The summed E-state index contributed by atoms with van der Waals surface area (Å²) in [6.07, 6.45) is -2.26. The molecule has 14 heavy (non-hydrogen) atoms. The first kappa shape index (κ1) is 11.8. The van der Waals surface area contributed by atoms with Gasteiger partial charge in [0.1, 0.15) is 0 Å². The molecule has 1 aliphatic rings. The number of alkyl halides is 3. The fourth-order valence-corrected chi connectivity index (χ4v) is 2.06. The first-order chi connectivity index (χ1) is 6.38. The minimum atomic E-state index is -4.46. The molecule has 0 radical (unpaired) electrons. The maximum absolute atomic E-state index is 11.9. The minimum absolute atomic E-state index is 0.544. The summed E-state index contributed by atoms with van der Waals surface area (Å²) in [4.78, 5) is 0. The lowest BCUT2D eigenvalue weighted by Gasteiger charge is -2.30. The second kappa shape index (κ2) is 4.51. The van der Waals surface area contributed by atoms with E-state index in [9.17, 15) is 13.2 Å². The van der Waals surface area contributed by atoms with E-state index in [-0.39, 0.29) is 0 Å². The smallest absolute Gasteiger partial charge is 0.289 e. The van der Waals surface area contributed by atoms with Gasteiger partial charge >= 0.3 is 6.36 Å². The van der Waals surface area contributed by atoms with Gasteiger partial charge in [-0.2, -0.15) is 0 Å². The Morgan fingerprint density at radius 3 is 1.93 bits per heavy atom. The van der Waals surface area contributed by atoms with Gasteiger partial charge < -0.3 is 0 Å². The molecule has 0 atom stereocenters. The molecule has 0 aromatic heterocycles. The number of ether oxygens (including phenoxy) is 1. The van der Waals surface area contributed by atoms with Gasteiger partial charge in [0.2, 0.25) is 0 Å². The van der Waals surface area contributed by atoms with Crippen molar-refractivity contribution in [2.45, 2.75) is 52.0 Å². The number of hydrogen-bond acceptors (Lipinski definition) is 1. The zero-order valence-corrected chi connectivity index (χ0v) is 8.60. The molecule has 0 unspecified atom stereocenters. The SMILES string of the molecule is CC(C)[C@H]1CC[C@H](OC(F)(F)F)CC1. The Bertz CT molecular complexity index is 169.